The Morgan fingerprint density at radius 1 is 1.16 bits per heavy atom. The van der Waals surface area contributed by atoms with E-state index in [0.717, 1.165) is 12.8 Å². The molecule has 1 saturated carbocycles. The Bertz CT molecular complexity index is 801. The van der Waals surface area contributed by atoms with Gasteiger partial charge in [0.15, 0.2) is 6.61 Å². The van der Waals surface area contributed by atoms with Gasteiger partial charge in [0.25, 0.3) is 5.91 Å². The summed E-state index contributed by atoms with van der Waals surface area (Å²) in [4.78, 5) is 23.9. The van der Waals surface area contributed by atoms with Crippen molar-refractivity contribution in [3.8, 4) is 0 Å². The Morgan fingerprint density at radius 2 is 1.88 bits per heavy atom. The minimum Gasteiger partial charge on any atom is -0.455 e. The van der Waals surface area contributed by atoms with E-state index < -0.39 is 15.9 Å². The van der Waals surface area contributed by atoms with Crippen LogP contribution in [0.15, 0.2) is 41.3 Å². The third-order valence-electron chi connectivity index (χ3n) is 4.67. The van der Waals surface area contributed by atoms with Crippen molar-refractivity contribution in [1.29, 1.82) is 0 Å². The Labute approximate surface area is 146 Å². The monoisotopic (exact) mass is 364 g/mol. The standard InChI is InChI=1S/C17H20N2O5S/c18-25(22,23)14-5-2-11(3-6-14)9-19-16(20)10-24-17(21)15-8-12-1-4-13(15)7-12/h1-6,12-13,15H,7-10H2,(H,19,20)(H2,18,22,23)/t12-,13+,15+/m1/s1. The summed E-state index contributed by atoms with van der Waals surface area (Å²) in [5.74, 6) is -0.129. The van der Waals surface area contributed by atoms with Gasteiger partial charge in [-0.1, -0.05) is 24.3 Å². The number of benzene rings is 1. The van der Waals surface area contributed by atoms with Gasteiger partial charge in [-0.05, 0) is 42.4 Å². The van der Waals surface area contributed by atoms with Gasteiger partial charge in [0.05, 0.1) is 10.8 Å². The number of carbonyl (C=O) groups excluding carboxylic acids is 2. The van der Waals surface area contributed by atoms with Gasteiger partial charge in [0.2, 0.25) is 10.0 Å². The van der Waals surface area contributed by atoms with E-state index in [1.165, 1.54) is 12.1 Å². The van der Waals surface area contributed by atoms with Gasteiger partial charge in [0.1, 0.15) is 0 Å². The molecule has 3 rings (SSSR count). The average Bonchev–Trinajstić information content (AvgIpc) is 3.20. The summed E-state index contributed by atoms with van der Waals surface area (Å²) in [6.45, 7) is -0.107. The highest BCUT2D eigenvalue weighted by molar-refractivity contribution is 7.89. The van der Waals surface area contributed by atoms with E-state index in [4.69, 9.17) is 9.88 Å². The molecule has 0 saturated heterocycles. The van der Waals surface area contributed by atoms with Crippen LogP contribution >= 0.6 is 0 Å². The van der Waals surface area contributed by atoms with Crippen molar-refractivity contribution in [3.63, 3.8) is 0 Å². The number of rotatable bonds is 6. The lowest BCUT2D eigenvalue weighted by Crippen LogP contribution is -2.30. The van der Waals surface area contributed by atoms with Crippen molar-refractivity contribution in [2.24, 2.45) is 22.9 Å². The molecule has 134 valence electrons. The maximum Gasteiger partial charge on any atom is 0.310 e. The SMILES string of the molecule is NS(=O)(=O)c1ccc(CNC(=O)COC(=O)[C@H]2C[C@@H]3C=C[C@H]2C3)cc1. The number of nitrogens with two attached hydrogens (primary N) is 1. The van der Waals surface area contributed by atoms with E-state index in [1.807, 2.05) is 0 Å². The molecule has 1 amide bonds. The summed E-state index contributed by atoms with van der Waals surface area (Å²) in [5.41, 5.74) is 0.713. The molecule has 0 radical (unpaired) electrons. The molecule has 2 bridgehead atoms. The number of amides is 1. The van der Waals surface area contributed by atoms with Crippen LogP contribution in [0.1, 0.15) is 18.4 Å². The zero-order valence-electron chi connectivity index (χ0n) is 13.6. The first-order chi connectivity index (χ1) is 11.8. The van der Waals surface area contributed by atoms with E-state index in [0.29, 0.717) is 11.5 Å². The van der Waals surface area contributed by atoms with Gasteiger partial charge in [-0.25, -0.2) is 13.6 Å². The number of hydrogen-bond acceptors (Lipinski definition) is 5. The van der Waals surface area contributed by atoms with Crippen LogP contribution in [-0.2, 0) is 30.9 Å². The third kappa shape index (κ3) is 4.26. The predicted octanol–water partition coefficient (Wildman–Crippen LogP) is 0.706. The highest BCUT2D eigenvalue weighted by atomic mass is 32.2. The van der Waals surface area contributed by atoms with Crippen LogP contribution in [0, 0.1) is 17.8 Å². The topological polar surface area (TPSA) is 116 Å². The van der Waals surface area contributed by atoms with E-state index >= 15 is 0 Å². The van der Waals surface area contributed by atoms with Crippen molar-refractivity contribution in [2.75, 3.05) is 6.61 Å². The number of hydrogen-bond donors (Lipinski definition) is 2. The molecule has 1 aromatic carbocycles. The lowest BCUT2D eigenvalue weighted by atomic mass is 9.94. The fraction of sp³-hybridized carbons (Fsp3) is 0.412. The third-order valence-corrected chi connectivity index (χ3v) is 5.60. The van der Waals surface area contributed by atoms with Crippen molar-refractivity contribution in [1.82, 2.24) is 5.32 Å². The second-order valence-electron chi connectivity index (χ2n) is 6.46. The smallest absolute Gasteiger partial charge is 0.310 e. The van der Waals surface area contributed by atoms with Gasteiger partial charge in [-0.3, -0.25) is 9.59 Å². The van der Waals surface area contributed by atoms with E-state index in [1.54, 1.807) is 12.1 Å². The van der Waals surface area contributed by atoms with Gasteiger partial charge in [-0.15, -0.1) is 0 Å². The molecule has 2 aliphatic rings. The number of nitrogens with one attached hydrogen (secondary N) is 1. The molecule has 1 aromatic rings. The number of carbonyl (C=O) groups is 2. The largest absolute Gasteiger partial charge is 0.455 e. The zero-order chi connectivity index (χ0) is 18.0. The van der Waals surface area contributed by atoms with Crippen molar-refractivity contribution >= 4 is 21.9 Å². The molecule has 0 aliphatic heterocycles. The number of esters is 1. The van der Waals surface area contributed by atoms with Crippen LogP contribution in [-0.4, -0.2) is 26.9 Å². The van der Waals surface area contributed by atoms with Crippen LogP contribution in [0.25, 0.3) is 0 Å². The maximum atomic E-state index is 12.0. The molecule has 7 nitrogen and oxygen atoms in total. The molecule has 3 N–H and O–H groups in total. The molecule has 1 fully saturated rings. The minimum absolute atomic E-state index is 0.0106. The molecule has 0 unspecified atom stereocenters. The van der Waals surface area contributed by atoms with Gasteiger partial charge < -0.3 is 10.1 Å². The number of ether oxygens (including phenoxy) is 1. The second-order valence-corrected chi connectivity index (χ2v) is 8.02. The number of allylic oxidation sites excluding steroid dienone is 2. The van der Waals surface area contributed by atoms with E-state index in [2.05, 4.69) is 17.5 Å². The second kappa shape index (κ2) is 6.97. The average molecular weight is 364 g/mol. The van der Waals surface area contributed by atoms with Crippen LogP contribution in [0.3, 0.4) is 0 Å². The van der Waals surface area contributed by atoms with Crippen molar-refractivity contribution < 1.29 is 22.7 Å². The van der Waals surface area contributed by atoms with Gasteiger partial charge in [-0.2, -0.15) is 0 Å². The Balaban J connectivity index is 1.42. The molecular weight excluding hydrogens is 344 g/mol. The number of sulfonamides is 1. The Hall–Kier alpha value is -2.19. The summed E-state index contributed by atoms with van der Waals surface area (Å²) in [5, 5.41) is 7.65. The molecule has 8 heteroatoms. The fourth-order valence-electron chi connectivity index (χ4n) is 3.34. The van der Waals surface area contributed by atoms with Crippen LogP contribution in [0.4, 0.5) is 0 Å². The molecular formula is C17H20N2O5S. The summed E-state index contributed by atoms with van der Waals surface area (Å²) >= 11 is 0. The van der Waals surface area contributed by atoms with E-state index in [9.17, 15) is 18.0 Å². The summed E-state index contributed by atoms with van der Waals surface area (Å²) in [6.07, 6.45) is 6.01. The van der Waals surface area contributed by atoms with Crippen LogP contribution in [0.2, 0.25) is 0 Å². The lowest BCUT2D eigenvalue weighted by molar-refractivity contribution is -0.153. The number of primary sulfonamides is 1. The zero-order valence-corrected chi connectivity index (χ0v) is 14.4. The summed E-state index contributed by atoms with van der Waals surface area (Å²) in [7, 11) is -3.73. The highest BCUT2D eigenvalue weighted by Crippen LogP contribution is 2.43. The van der Waals surface area contributed by atoms with Crippen molar-refractivity contribution in [2.45, 2.75) is 24.3 Å². The summed E-state index contributed by atoms with van der Waals surface area (Å²) in [6, 6.07) is 5.88. The highest BCUT2D eigenvalue weighted by Gasteiger charge is 2.40. The fourth-order valence-corrected chi connectivity index (χ4v) is 3.86. The first-order valence-corrected chi connectivity index (χ1v) is 9.61. The lowest BCUT2D eigenvalue weighted by Gasteiger charge is -2.16. The Morgan fingerprint density at radius 3 is 2.44 bits per heavy atom. The molecule has 0 aromatic heterocycles. The molecule has 3 atom stereocenters. The predicted molar refractivity (Wildman–Crippen MR) is 89.5 cm³/mol. The van der Waals surface area contributed by atoms with Crippen LogP contribution in [0.5, 0.6) is 0 Å². The molecule has 25 heavy (non-hydrogen) atoms. The molecule has 0 spiro atoms. The first kappa shape index (κ1) is 17.6. The molecule has 2 aliphatic carbocycles. The quantitative estimate of drug-likeness (QED) is 0.570. The first-order valence-electron chi connectivity index (χ1n) is 8.06. The maximum absolute atomic E-state index is 12.0. The minimum atomic E-state index is -3.73. The number of fused-ring (bicyclic) bond motifs is 2. The van der Waals surface area contributed by atoms with Crippen LogP contribution < -0.4 is 10.5 Å². The van der Waals surface area contributed by atoms with E-state index in [-0.39, 0.29) is 35.9 Å². The Kier molecular flexibility index (Phi) is 4.91. The normalized spacial score (nSPS) is 24.3. The molecule has 0 heterocycles. The van der Waals surface area contributed by atoms with Crippen molar-refractivity contribution in [3.05, 3.63) is 42.0 Å². The van der Waals surface area contributed by atoms with Gasteiger partial charge in [0, 0.05) is 6.54 Å². The summed E-state index contributed by atoms with van der Waals surface area (Å²) < 4.78 is 27.5. The van der Waals surface area contributed by atoms with Gasteiger partial charge >= 0.3 is 5.97 Å².